The first kappa shape index (κ1) is 16.2. The molecule has 0 aliphatic carbocycles. The largest absolute Gasteiger partial charge is 0.366 e. The second kappa shape index (κ2) is 6.52. The van der Waals surface area contributed by atoms with Crippen LogP contribution in [-0.2, 0) is 4.79 Å². The van der Waals surface area contributed by atoms with Crippen molar-refractivity contribution in [3.63, 3.8) is 0 Å². The monoisotopic (exact) mass is 277 g/mol. The van der Waals surface area contributed by atoms with E-state index in [2.05, 4.69) is 26.1 Å². The number of carbonyl (C=O) groups excluding carboxylic acids is 2. The summed E-state index contributed by atoms with van der Waals surface area (Å²) in [7, 11) is 0. The van der Waals surface area contributed by atoms with Gasteiger partial charge in [0, 0.05) is 23.7 Å². The first-order valence-corrected chi connectivity index (χ1v) is 6.63. The first-order valence-electron chi connectivity index (χ1n) is 6.63. The maximum Gasteiger partial charge on any atom is 0.248 e. The summed E-state index contributed by atoms with van der Waals surface area (Å²) >= 11 is 0. The average Bonchev–Trinajstić information content (AvgIpc) is 2.26. The van der Waals surface area contributed by atoms with Crippen molar-refractivity contribution in [3.05, 3.63) is 29.8 Å². The highest BCUT2D eigenvalue weighted by molar-refractivity contribution is 5.94. The molecule has 1 unspecified atom stereocenters. The number of carbonyl (C=O) groups is 2. The predicted octanol–water partition coefficient (Wildman–Crippen LogP) is 1.88. The van der Waals surface area contributed by atoms with Gasteiger partial charge in [-0.2, -0.15) is 0 Å². The summed E-state index contributed by atoms with van der Waals surface area (Å²) in [6, 6.07) is 6.28. The number of rotatable bonds is 5. The van der Waals surface area contributed by atoms with Gasteiger partial charge >= 0.3 is 0 Å². The van der Waals surface area contributed by atoms with Gasteiger partial charge in [0.15, 0.2) is 0 Å². The third-order valence-corrected chi connectivity index (χ3v) is 2.78. The molecule has 110 valence electrons. The minimum atomic E-state index is -0.491. The molecule has 1 aromatic carbocycles. The zero-order chi connectivity index (χ0) is 15.3. The Bertz CT molecular complexity index is 475. The third-order valence-electron chi connectivity index (χ3n) is 2.78. The second-order valence-corrected chi connectivity index (χ2v) is 6.22. The molecule has 20 heavy (non-hydrogen) atoms. The van der Waals surface area contributed by atoms with E-state index < -0.39 is 5.91 Å². The molecule has 0 heterocycles. The normalized spacial score (nSPS) is 12.8. The van der Waals surface area contributed by atoms with Gasteiger partial charge < -0.3 is 16.8 Å². The van der Waals surface area contributed by atoms with E-state index in [9.17, 15) is 9.59 Å². The average molecular weight is 277 g/mol. The van der Waals surface area contributed by atoms with E-state index in [0.717, 1.165) is 6.42 Å². The van der Waals surface area contributed by atoms with Gasteiger partial charge in [0.1, 0.15) is 0 Å². The maximum atomic E-state index is 11.8. The van der Waals surface area contributed by atoms with Crippen molar-refractivity contribution in [1.29, 1.82) is 0 Å². The van der Waals surface area contributed by atoms with Crippen molar-refractivity contribution in [2.45, 2.75) is 39.7 Å². The molecule has 0 fully saturated rings. The molecule has 1 rings (SSSR count). The number of nitrogens with one attached hydrogen (secondary N) is 1. The number of hydrogen-bond acceptors (Lipinski definition) is 3. The lowest BCUT2D eigenvalue weighted by Crippen LogP contribution is -2.31. The van der Waals surface area contributed by atoms with Crippen LogP contribution in [0.3, 0.4) is 0 Å². The van der Waals surface area contributed by atoms with E-state index in [1.165, 1.54) is 0 Å². The number of nitrogens with two attached hydrogens (primary N) is 2. The van der Waals surface area contributed by atoms with Crippen molar-refractivity contribution < 1.29 is 9.59 Å². The molecule has 0 spiro atoms. The summed E-state index contributed by atoms with van der Waals surface area (Å²) in [6.45, 7) is 6.27. The van der Waals surface area contributed by atoms with Crippen molar-refractivity contribution in [2.75, 3.05) is 5.32 Å². The van der Waals surface area contributed by atoms with E-state index in [4.69, 9.17) is 11.5 Å². The molecule has 1 atom stereocenters. The maximum absolute atomic E-state index is 11.8. The van der Waals surface area contributed by atoms with Crippen LogP contribution < -0.4 is 16.8 Å². The summed E-state index contributed by atoms with van der Waals surface area (Å²) in [5, 5.41) is 2.75. The van der Waals surface area contributed by atoms with Gasteiger partial charge in [-0.25, -0.2) is 0 Å². The first-order chi connectivity index (χ1) is 9.17. The van der Waals surface area contributed by atoms with Crippen LogP contribution in [0.1, 0.15) is 44.0 Å². The lowest BCUT2D eigenvalue weighted by Gasteiger charge is -2.22. The quantitative estimate of drug-likeness (QED) is 0.766. The van der Waals surface area contributed by atoms with Crippen LogP contribution in [0.25, 0.3) is 0 Å². The fraction of sp³-hybridized carbons (Fsp3) is 0.467. The molecule has 0 aromatic heterocycles. The van der Waals surface area contributed by atoms with Crippen molar-refractivity contribution in [3.8, 4) is 0 Å². The predicted molar refractivity (Wildman–Crippen MR) is 80.3 cm³/mol. The minimum Gasteiger partial charge on any atom is -0.366 e. The van der Waals surface area contributed by atoms with Crippen LogP contribution in [0, 0.1) is 5.41 Å². The summed E-state index contributed by atoms with van der Waals surface area (Å²) in [5.41, 5.74) is 12.2. The van der Waals surface area contributed by atoms with Crippen molar-refractivity contribution in [1.82, 2.24) is 0 Å². The number of primary amides is 1. The summed E-state index contributed by atoms with van der Waals surface area (Å²) in [6.07, 6.45) is 1.05. The molecular formula is C15H23N3O2. The van der Waals surface area contributed by atoms with E-state index in [-0.39, 0.29) is 23.8 Å². The fourth-order valence-electron chi connectivity index (χ4n) is 2.03. The number of anilines is 1. The molecule has 5 N–H and O–H groups in total. The topological polar surface area (TPSA) is 98.2 Å². The highest BCUT2D eigenvalue weighted by Gasteiger charge is 2.18. The molecule has 1 aromatic rings. The van der Waals surface area contributed by atoms with Crippen LogP contribution >= 0.6 is 0 Å². The number of amides is 2. The standard InChI is InChI=1S/C15H23N3O2/c1-15(2,3)9-11(16)8-13(19)18-12-6-4-10(5-7-12)14(17)20/h4-7,11H,8-9,16H2,1-3H3,(H2,17,20)(H,18,19). The van der Waals surface area contributed by atoms with Gasteiger partial charge in [-0.3, -0.25) is 9.59 Å². The van der Waals surface area contributed by atoms with Crippen LogP contribution in [0.15, 0.2) is 24.3 Å². The molecule has 0 aliphatic heterocycles. The third kappa shape index (κ3) is 5.84. The van der Waals surface area contributed by atoms with E-state index in [1.54, 1.807) is 24.3 Å². The Balaban J connectivity index is 2.52. The highest BCUT2D eigenvalue weighted by atomic mass is 16.2. The zero-order valence-corrected chi connectivity index (χ0v) is 12.3. The Kier molecular flexibility index (Phi) is 5.27. The molecule has 0 saturated carbocycles. The fourth-order valence-corrected chi connectivity index (χ4v) is 2.03. The van der Waals surface area contributed by atoms with Gasteiger partial charge in [0.2, 0.25) is 11.8 Å². The number of benzene rings is 1. The minimum absolute atomic E-state index is 0.100. The van der Waals surface area contributed by atoms with Gasteiger partial charge in [-0.1, -0.05) is 20.8 Å². The Morgan fingerprint density at radius 2 is 1.75 bits per heavy atom. The molecular weight excluding hydrogens is 254 g/mol. The number of hydrogen-bond donors (Lipinski definition) is 3. The molecule has 5 heteroatoms. The Morgan fingerprint density at radius 1 is 1.20 bits per heavy atom. The summed E-state index contributed by atoms with van der Waals surface area (Å²) in [4.78, 5) is 22.8. The highest BCUT2D eigenvalue weighted by Crippen LogP contribution is 2.21. The van der Waals surface area contributed by atoms with Crippen LogP contribution in [0.2, 0.25) is 0 Å². The van der Waals surface area contributed by atoms with Crippen molar-refractivity contribution in [2.24, 2.45) is 16.9 Å². The summed E-state index contributed by atoms with van der Waals surface area (Å²) in [5.74, 6) is -0.622. The smallest absolute Gasteiger partial charge is 0.248 e. The SMILES string of the molecule is CC(C)(C)CC(N)CC(=O)Nc1ccc(C(N)=O)cc1. The molecule has 5 nitrogen and oxygen atoms in total. The van der Waals surface area contributed by atoms with Crippen LogP contribution in [0.4, 0.5) is 5.69 Å². The van der Waals surface area contributed by atoms with E-state index >= 15 is 0 Å². The van der Waals surface area contributed by atoms with E-state index in [1.807, 2.05) is 0 Å². The molecule has 0 bridgehead atoms. The molecule has 0 radical (unpaired) electrons. The molecule has 0 saturated heterocycles. The van der Waals surface area contributed by atoms with Crippen molar-refractivity contribution >= 4 is 17.5 Å². The Morgan fingerprint density at radius 3 is 2.20 bits per heavy atom. The second-order valence-electron chi connectivity index (χ2n) is 6.22. The molecule has 2 amide bonds. The lowest BCUT2D eigenvalue weighted by molar-refractivity contribution is -0.116. The Labute approximate surface area is 119 Å². The zero-order valence-electron chi connectivity index (χ0n) is 12.3. The van der Waals surface area contributed by atoms with E-state index in [0.29, 0.717) is 11.3 Å². The van der Waals surface area contributed by atoms with Gasteiger partial charge in [0.05, 0.1) is 0 Å². The Hall–Kier alpha value is -1.88. The molecule has 0 aliphatic rings. The van der Waals surface area contributed by atoms with Crippen LogP contribution in [0.5, 0.6) is 0 Å². The summed E-state index contributed by atoms with van der Waals surface area (Å²) < 4.78 is 0. The van der Waals surface area contributed by atoms with Gasteiger partial charge in [-0.05, 0) is 36.1 Å². The van der Waals surface area contributed by atoms with Crippen LogP contribution in [-0.4, -0.2) is 17.9 Å². The lowest BCUT2D eigenvalue weighted by atomic mass is 9.87. The van der Waals surface area contributed by atoms with Gasteiger partial charge in [0.25, 0.3) is 0 Å². The van der Waals surface area contributed by atoms with Gasteiger partial charge in [-0.15, -0.1) is 0 Å².